The first-order chi connectivity index (χ1) is 14.8. The molecule has 31 heavy (non-hydrogen) atoms. The molecule has 1 amide bonds. The Bertz CT molecular complexity index is 1470. The first kappa shape index (κ1) is 20.5. The molecule has 154 valence electrons. The molecule has 0 saturated carbocycles. The maximum Gasteiger partial charge on any atom is 0.283 e. The molecule has 2 heterocycles. The van der Waals surface area contributed by atoms with Crippen molar-refractivity contribution in [1.29, 1.82) is 5.26 Å². The topological polar surface area (TPSA) is 118 Å². The lowest BCUT2D eigenvalue weighted by Gasteiger charge is -2.09. The van der Waals surface area contributed by atoms with Gasteiger partial charge in [-0.2, -0.15) is 22.9 Å². The number of carbonyl (C=O) groups excluding carboxylic acids is 1. The lowest BCUT2D eigenvalue weighted by molar-refractivity contribution is 0.102. The molecule has 0 aliphatic rings. The van der Waals surface area contributed by atoms with Gasteiger partial charge in [-0.1, -0.05) is 23.7 Å². The molecule has 11 heteroatoms. The number of nitrogens with zero attached hydrogens (tertiary/aromatic N) is 4. The zero-order chi connectivity index (χ0) is 22.2. The maximum atomic E-state index is 14.0. The Morgan fingerprint density at radius 3 is 2.68 bits per heavy atom. The third kappa shape index (κ3) is 3.72. The summed E-state index contributed by atoms with van der Waals surface area (Å²) < 4.78 is 40.8. The number of hydrogen-bond donors (Lipinski definition) is 1. The molecule has 0 aliphatic heterocycles. The van der Waals surface area contributed by atoms with Gasteiger partial charge in [-0.05, 0) is 36.4 Å². The van der Waals surface area contributed by atoms with Crippen LogP contribution in [0.2, 0.25) is 5.02 Å². The van der Waals surface area contributed by atoms with Gasteiger partial charge in [-0.3, -0.25) is 9.78 Å². The van der Waals surface area contributed by atoms with Crippen LogP contribution in [0.4, 0.5) is 10.1 Å². The summed E-state index contributed by atoms with van der Waals surface area (Å²) in [5, 5.41) is 15.3. The van der Waals surface area contributed by atoms with E-state index < -0.39 is 21.7 Å². The minimum absolute atomic E-state index is 0.0727. The number of hydrogen-bond acceptors (Lipinski definition) is 6. The van der Waals surface area contributed by atoms with E-state index in [1.54, 1.807) is 0 Å². The van der Waals surface area contributed by atoms with E-state index in [0.29, 0.717) is 0 Å². The van der Waals surface area contributed by atoms with Crippen molar-refractivity contribution >= 4 is 44.3 Å². The highest BCUT2D eigenvalue weighted by atomic mass is 35.5. The molecule has 4 aromatic rings. The number of nitriles is 1. The number of pyridine rings is 1. The molecule has 0 fully saturated rings. The summed E-state index contributed by atoms with van der Waals surface area (Å²) in [6.07, 6.45) is 2.53. The van der Waals surface area contributed by atoms with E-state index in [0.717, 1.165) is 10.2 Å². The lowest BCUT2D eigenvalue weighted by atomic mass is 10.2. The molecule has 0 unspecified atom stereocenters. The maximum absolute atomic E-state index is 14.0. The number of rotatable bonds is 4. The number of nitrogens with one attached hydrogen (secondary N) is 1. The zero-order valence-electron chi connectivity index (χ0n) is 15.5. The van der Waals surface area contributed by atoms with E-state index in [2.05, 4.69) is 15.4 Å². The van der Waals surface area contributed by atoms with Crippen molar-refractivity contribution in [1.82, 2.24) is 14.2 Å². The molecule has 0 bridgehead atoms. The highest BCUT2D eigenvalue weighted by Crippen LogP contribution is 2.24. The third-order valence-electron chi connectivity index (χ3n) is 4.32. The van der Waals surface area contributed by atoms with Crippen molar-refractivity contribution in [2.24, 2.45) is 0 Å². The van der Waals surface area contributed by atoms with Crippen LogP contribution in [0.15, 0.2) is 65.8 Å². The Morgan fingerprint density at radius 2 is 1.94 bits per heavy atom. The minimum Gasteiger partial charge on any atom is -0.320 e. The highest BCUT2D eigenvalue weighted by Gasteiger charge is 2.22. The van der Waals surface area contributed by atoms with Crippen molar-refractivity contribution < 1.29 is 17.6 Å². The molecule has 4 rings (SSSR count). The van der Waals surface area contributed by atoms with Gasteiger partial charge in [-0.25, -0.2) is 4.39 Å². The van der Waals surface area contributed by atoms with Crippen molar-refractivity contribution in [2.45, 2.75) is 4.90 Å². The number of anilines is 1. The van der Waals surface area contributed by atoms with Crippen LogP contribution in [0, 0.1) is 17.1 Å². The average Bonchev–Trinajstić information content (AvgIpc) is 3.18. The molecule has 2 aromatic heterocycles. The molecular formula is C20H11ClFN5O3S. The number of halogens is 2. The zero-order valence-corrected chi connectivity index (χ0v) is 17.0. The second-order valence-corrected chi connectivity index (χ2v) is 8.49. The Kier molecular flexibility index (Phi) is 5.14. The van der Waals surface area contributed by atoms with E-state index in [9.17, 15) is 17.6 Å². The summed E-state index contributed by atoms with van der Waals surface area (Å²) >= 11 is 5.91. The van der Waals surface area contributed by atoms with E-state index >= 15 is 0 Å². The first-order valence-corrected chi connectivity index (χ1v) is 10.5. The van der Waals surface area contributed by atoms with Crippen LogP contribution in [0.5, 0.6) is 0 Å². The van der Waals surface area contributed by atoms with Crippen LogP contribution < -0.4 is 5.32 Å². The molecule has 8 nitrogen and oxygen atoms in total. The smallest absolute Gasteiger partial charge is 0.283 e. The molecule has 0 radical (unpaired) electrons. The molecular weight excluding hydrogens is 445 g/mol. The van der Waals surface area contributed by atoms with Crippen LogP contribution >= 0.6 is 11.6 Å². The van der Waals surface area contributed by atoms with Crippen molar-refractivity contribution in [3.05, 3.63) is 82.9 Å². The van der Waals surface area contributed by atoms with Gasteiger partial charge < -0.3 is 5.32 Å². The first-order valence-electron chi connectivity index (χ1n) is 8.66. The molecule has 0 spiro atoms. The van der Waals surface area contributed by atoms with Crippen LogP contribution in [-0.4, -0.2) is 28.5 Å². The van der Waals surface area contributed by atoms with Crippen molar-refractivity contribution in [3.8, 4) is 6.07 Å². The SMILES string of the molecule is N#Cc1cccc(S(=O)(=O)n2ncc3ncc(NC(=O)c4c(F)cccc4Cl)cc32)c1. The fourth-order valence-corrected chi connectivity index (χ4v) is 4.43. The van der Waals surface area contributed by atoms with Gasteiger partial charge >= 0.3 is 0 Å². The monoisotopic (exact) mass is 455 g/mol. The summed E-state index contributed by atoms with van der Waals surface area (Å²) in [5.74, 6) is -1.62. The molecule has 0 saturated heterocycles. The standard InChI is InChI=1S/C20H11ClFN5O3S/c21-15-5-2-6-16(22)19(15)20(28)26-13-8-18-17(24-10-13)11-25-27(18)31(29,30)14-4-1-3-12(7-14)9-23/h1-8,10-11H,(H,26,28). The lowest BCUT2D eigenvalue weighted by Crippen LogP contribution is -2.16. The molecule has 0 aliphatic carbocycles. The predicted octanol–water partition coefficient (Wildman–Crippen LogP) is 3.58. The van der Waals surface area contributed by atoms with Gasteiger partial charge in [0.1, 0.15) is 16.9 Å². The van der Waals surface area contributed by atoms with Gasteiger partial charge in [0.05, 0.1) is 45.2 Å². The molecule has 0 atom stereocenters. The summed E-state index contributed by atoms with van der Waals surface area (Å²) in [6.45, 7) is 0. The Balaban J connectivity index is 1.75. The van der Waals surface area contributed by atoms with E-state index in [1.165, 1.54) is 54.9 Å². The fourth-order valence-electron chi connectivity index (χ4n) is 2.88. The largest absolute Gasteiger partial charge is 0.320 e. The Hall–Kier alpha value is -3.81. The van der Waals surface area contributed by atoms with Gasteiger partial charge in [0, 0.05) is 0 Å². The van der Waals surface area contributed by atoms with Crippen LogP contribution in [0.25, 0.3) is 11.0 Å². The summed E-state index contributed by atoms with van der Waals surface area (Å²) in [6, 6.07) is 12.5. The van der Waals surface area contributed by atoms with Gasteiger partial charge in [0.15, 0.2) is 0 Å². The number of fused-ring (bicyclic) bond motifs is 1. The Labute approximate surface area is 180 Å². The quantitative estimate of drug-likeness (QED) is 0.502. The predicted molar refractivity (Wildman–Crippen MR) is 111 cm³/mol. The number of benzene rings is 2. The fraction of sp³-hybridized carbons (Fsp3) is 0. The van der Waals surface area contributed by atoms with Crippen molar-refractivity contribution in [2.75, 3.05) is 5.32 Å². The number of carbonyl (C=O) groups is 1. The second-order valence-electron chi connectivity index (χ2n) is 6.31. The van der Waals surface area contributed by atoms with Crippen LogP contribution in [0.3, 0.4) is 0 Å². The van der Waals surface area contributed by atoms with Crippen molar-refractivity contribution in [3.63, 3.8) is 0 Å². The Morgan fingerprint density at radius 1 is 1.16 bits per heavy atom. The van der Waals surface area contributed by atoms with Crippen LogP contribution in [0.1, 0.15) is 15.9 Å². The highest BCUT2D eigenvalue weighted by molar-refractivity contribution is 7.90. The van der Waals surface area contributed by atoms with Gasteiger partial charge in [0.25, 0.3) is 15.9 Å². The molecule has 2 aromatic carbocycles. The minimum atomic E-state index is -4.15. The third-order valence-corrected chi connectivity index (χ3v) is 6.24. The van der Waals surface area contributed by atoms with Crippen LogP contribution in [-0.2, 0) is 10.0 Å². The normalized spacial score (nSPS) is 11.3. The molecule has 1 N–H and O–H groups in total. The average molecular weight is 456 g/mol. The van der Waals surface area contributed by atoms with E-state index in [1.807, 2.05) is 6.07 Å². The van der Waals surface area contributed by atoms with Gasteiger partial charge in [-0.15, -0.1) is 0 Å². The number of aromatic nitrogens is 3. The number of amides is 1. The van der Waals surface area contributed by atoms with E-state index in [4.69, 9.17) is 16.9 Å². The van der Waals surface area contributed by atoms with Gasteiger partial charge in [0.2, 0.25) is 0 Å². The summed E-state index contributed by atoms with van der Waals surface area (Å²) in [4.78, 5) is 16.4. The summed E-state index contributed by atoms with van der Waals surface area (Å²) in [5.41, 5.74) is 0.269. The summed E-state index contributed by atoms with van der Waals surface area (Å²) in [7, 11) is -4.15. The van der Waals surface area contributed by atoms with E-state index in [-0.39, 0.29) is 37.8 Å². The second kappa shape index (κ2) is 7.79.